The highest BCUT2D eigenvalue weighted by atomic mass is 19.1. The first kappa shape index (κ1) is 13.3. The van der Waals surface area contributed by atoms with Crippen molar-refractivity contribution in [3.05, 3.63) is 59.2 Å². The fraction of sp³-hybridized carbons (Fsp3) is 0.143. The average molecular weight is 266 g/mol. The standard InChI is InChI=1S/C14H12F2O3/c1-19-12-7-8(5-6-11(12)17)14(18)13-9(15)3-2-4-10(13)16/h2-7,14,17-18H,1H3. The van der Waals surface area contributed by atoms with E-state index in [2.05, 4.69) is 0 Å². The van der Waals surface area contributed by atoms with Crippen LogP contribution in [-0.2, 0) is 0 Å². The van der Waals surface area contributed by atoms with E-state index in [1.165, 1.54) is 31.4 Å². The van der Waals surface area contributed by atoms with E-state index < -0.39 is 23.3 Å². The van der Waals surface area contributed by atoms with E-state index in [0.717, 1.165) is 12.1 Å². The molecule has 0 aliphatic heterocycles. The fourth-order valence-electron chi connectivity index (χ4n) is 1.80. The molecule has 3 nitrogen and oxygen atoms in total. The Morgan fingerprint density at radius 2 is 1.74 bits per heavy atom. The molecule has 0 radical (unpaired) electrons. The van der Waals surface area contributed by atoms with Gasteiger partial charge in [0, 0.05) is 0 Å². The second-order valence-electron chi connectivity index (χ2n) is 3.97. The van der Waals surface area contributed by atoms with Crippen LogP contribution in [0.5, 0.6) is 11.5 Å². The summed E-state index contributed by atoms with van der Waals surface area (Å²) in [5.41, 5.74) is -0.214. The van der Waals surface area contributed by atoms with Crippen molar-refractivity contribution in [3.8, 4) is 11.5 Å². The zero-order chi connectivity index (χ0) is 14.0. The van der Waals surface area contributed by atoms with Crippen LogP contribution in [0.3, 0.4) is 0 Å². The number of methoxy groups -OCH3 is 1. The maximum atomic E-state index is 13.6. The SMILES string of the molecule is COc1cc(C(O)c2c(F)cccc2F)ccc1O. The Morgan fingerprint density at radius 3 is 2.32 bits per heavy atom. The Balaban J connectivity index is 2.47. The number of aliphatic hydroxyl groups excluding tert-OH is 1. The van der Waals surface area contributed by atoms with Crippen LogP contribution in [0.15, 0.2) is 36.4 Å². The lowest BCUT2D eigenvalue weighted by Gasteiger charge is -2.14. The van der Waals surface area contributed by atoms with E-state index in [-0.39, 0.29) is 17.1 Å². The van der Waals surface area contributed by atoms with Crippen LogP contribution in [0.2, 0.25) is 0 Å². The Hall–Kier alpha value is -2.14. The molecule has 0 bridgehead atoms. The van der Waals surface area contributed by atoms with Crippen molar-refractivity contribution < 1.29 is 23.7 Å². The van der Waals surface area contributed by atoms with Crippen molar-refractivity contribution in [2.75, 3.05) is 7.11 Å². The van der Waals surface area contributed by atoms with Crippen LogP contribution >= 0.6 is 0 Å². The Morgan fingerprint density at radius 1 is 1.11 bits per heavy atom. The van der Waals surface area contributed by atoms with Gasteiger partial charge < -0.3 is 14.9 Å². The average Bonchev–Trinajstić information content (AvgIpc) is 2.39. The molecule has 0 amide bonds. The fourth-order valence-corrected chi connectivity index (χ4v) is 1.80. The first-order valence-corrected chi connectivity index (χ1v) is 5.53. The minimum absolute atomic E-state index is 0.118. The zero-order valence-electron chi connectivity index (χ0n) is 10.1. The van der Waals surface area contributed by atoms with Gasteiger partial charge in [-0.25, -0.2) is 8.78 Å². The largest absolute Gasteiger partial charge is 0.504 e. The molecule has 100 valence electrons. The lowest BCUT2D eigenvalue weighted by molar-refractivity contribution is 0.208. The van der Waals surface area contributed by atoms with Gasteiger partial charge in [-0.3, -0.25) is 0 Å². The summed E-state index contributed by atoms with van der Waals surface area (Å²) in [6.45, 7) is 0. The quantitative estimate of drug-likeness (QED) is 0.898. The summed E-state index contributed by atoms with van der Waals surface area (Å²) in [5.74, 6) is -1.67. The molecule has 0 saturated heterocycles. The van der Waals surface area contributed by atoms with Crippen molar-refractivity contribution in [1.82, 2.24) is 0 Å². The van der Waals surface area contributed by atoms with E-state index >= 15 is 0 Å². The number of aromatic hydroxyl groups is 1. The van der Waals surface area contributed by atoms with Gasteiger partial charge in [0.15, 0.2) is 11.5 Å². The van der Waals surface area contributed by atoms with E-state index in [0.29, 0.717) is 0 Å². The number of phenols is 1. The van der Waals surface area contributed by atoms with Crippen molar-refractivity contribution in [2.24, 2.45) is 0 Å². The second-order valence-corrected chi connectivity index (χ2v) is 3.97. The predicted molar refractivity (Wildman–Crippen MR) is 65.1 cm³/mol. The lowest BCUT2D eigenvalue weighted by atomic mass is 10.00. The van der Waals surface area contributed by atoms with Gasteiger partial charge in [-0.05, 0) is 29.8 Å². The molecular weight excluding hydrogens is 254 g/mol. The van der Waals surface area contributed by atoms with Crippen LogP contribution in [-0.4, -0.2) is 17.3 Å². The zero-order valence-corrected chi connectivity index (χ0v) is 10.1. The molecule has 2 N–H and O–H groups in total. The highest BCUT2D eigenvalue weighted by Crippen LogP contribution is 2.33. The van der Waals surface area contributed by atoms with Crippen molar-refractivity contribution >= 4 is 0 Å². The van der Waals surface area contributed by atoms with Crippen LogP contribution in [0.4, 0.5) is 8.78 Å². The smallest absolute Gasteiger partial charge is 0.160 e. The molecular formula is C14H12F2O3. The second kappa shape index (κ2) is 5.24. The monoisotopic (exact) mass is 266 g/mol. The van der Waals surface area contributed by atoms with Crippen LogP contribution in [0.25, 0.3) is 0 Å². The molecule has 0 spiro atoms. The summed E-state index contributed by atoms with van der Waals surface area (Å²) in [4.78, 5) is 0. The molecule has 0 saturated carbocycles. The molecule has 0 heterocycles. The summed E-state index contributed by atoms with van der Waals surface area (Å²) in [7, 11) is 1.34. The van der Waals surface area contributed by atoms with Crippen LogP contribution in [0.1, 0.15) is 17.2 Å². The highest BCUT2D eigenvalue weighted by Gasteiger charge is 2.20. The molecule has 2 aromatic carbocycles. The molecule has 5 heteroatoms. The number of benzene rings is 2. The number of aliphatic hydroxyl groups is 1. The van der Waals surface area contributed by atoms with E-state index in [1.807, 2.05) is 0 Å². The van der Waals surface area contributed by atoms with Crippen molar-refractivity contribution in [3.63, 3.8) is 0 Å². The minimum Gasteiger partial charge on any atom is -0.504 e. The number of hydrogen-bond acceptors (Lipinski definition) is 3. The van der Waals surface area contributed by atoms with Gasteiger partial charge in [-0.15, -0.1) is 0 Å². The summed E-state index contributed by atoms with van der Waals surface area (Å²) in [5, 5.41) is 19.5. The summed E-state index contributed by atoms with van der Waals surface area (Å²) >= 11 is 0. The lowest BCUT2D eigenvalue weighted by Crippen LogP contribution is -2.06. The maximum Gasteiger partial charge on any atom is 0.160 e. The normalized spacial score (nSPS) is 12.2. The topological polar surface area (TPSA) is 49.7 Å². The minimum atomic E-state index is -1.48. The molecule has 0 aliphatic carbocycles. The molecule has 2 rings (SSSR count). The summed E-state index contributed by atoms with van der Waals surface area (Å²) in [6, 6.07) is 7.34. The maximum absolute atomic E-state index is 13.6. The summed E-state index contributed by atoms with van der Waals surface area (Å²) < 4.78 is 32.0. The Bertz CT molecular complexity index is 579. The van der Waals surface area contributed by atoms with Gasteiger partial charge in [0.05, 0.1) is 12.7 Å². The Labute approximate surface area is 108 Å². The van der Waals surface area contributed by atoms with E-state index in [4.69, 9.17) is 4.74 Å². The number of halogens is 2. The Kier molecular flexibility index (Phi) is 3.66. The number of hydrogen-bond donors (Lipinski definition) is 2. The third-order valence-corrected chi connectivity index (χ3v) is 2.79. The van der Waals surface area contributed by atoms with Crippen LogP contribution in [0, 0.1) is 11.6 Å². The first-order chi connectivity index (χ1) is 9.04. The van der Waals surface area contributed by atoms with Gasteiger partial charge in [0.1, 0.15) is 17.7 Å². The van der Waals surface area contributed by atoms with Gasteiger partial charge in [-0.1, -0.05) is 12.1 Å². The van der Waals surface area contributed by atoms with Crippen molar-refractivity contribution in [1.29, 1.82) is 0 Å². The highest BCUT2D eigenvalue weighted by molar-refractivity contribution is 5.44. The molecule has 0 aliphatic rings. The van der Waals surface area contributed by atoms with Gasteiger partial charge in [-0.2, -0.15) is 0 Å². The summed E-state index contributed by atoms with van der Waals surface area (Å²) in [6.07, 6.45) is -1.48. The first-order valence-electron chi connectivity index (χ1n) is 5.53. The number of phenolic OH excluding ortho intramolecular Hbond substituents is 1. The molecule has 19 heavy (non-hydrogen) atoms. The predicted octanol–water partition coefficient (Wildman–Crippen LogP) is 2.76. The number of ether oxygens (including phenoxy) is 1. The van der Waals surface area contributed by atoms with E-state index in [1.54, 1.807) is 0 Å². The van der Waals surface area contributed by atoms with Gasteiger partial charge in [0.25, 0.3) is 0 Å². The van der Waals surface area contributed by atoms with E-state index in [9.17, 15) is 19.0 Å². The van der Waals surface area contributed by atoms with Gasteiger partial charge in [0.2, 0.25) is 0 Å². The van der Waals surface area contributed by atoms with Gasteiger partial charge >= 0.3 is 0 Å². The molecule has 0 aromatic heterocycles. The molecule has 2 aromatic rings. The van der Waals surface area contributed by atoms with Crippen LogP contribution < -0.4 is 4.74 Å². The third-order valence-electron chi connectivity index (χ3n) is 2.79. The molecule has 1 atom stereocenters. The molecule has 0 fully saturated rings. The number of rotatable bonds is 3. The molecule has 1 unspecified atom stereocenters. The van der Waals surface area contributed by atoms with Crippen molar-refractivity contribution in [2.45, 2.75) is 6.10 Å². The third kappa shape index (κ3) is 2.51.